The number of nitrogens with zero attached hydrogens (tertiary/aromatic N) is 1. The van der Waals surface area contributed by atoms with Gasteiger partial charge in [-0.3, -0.25) is 9.59 Å². The first kappa shape index (κ1) is 12.9. The highest BCUT2D eigenvalue weighted by atomic mass is 16.4. The molecule has 0 aliphatic rings. The lowest BCUT2D eigenvalue weighted by Crippen LogP contribution is -2.40. The molecule has 4 nitrogen and oxygen atoms in total. The summed E-state index contributed by atoms with van der Waals surface area (Å²) in [6, 6.07) is 0. The maximum Gasteiger partial charge on any atom is 0.304 e. The number of aliphatic carboxylic acids is 1. The molecule has 0 atom stereocenters. The molecule has 1 N–H and O–H groups in total. The summed E-state index contributed by atoms with van der Waals surface area (Å²) in [6.07, 6.45) is 0.755. The average Bonchev–Trinajstić information content (AvgIpc) is 2.01. The van der Waals surface area contributed by atoms with Gasteiger partial charge in [0.05, 0.1) is 11.8 Å². The summed E-state index contributed by atoms with van der Waals surface area (Å²) >= 11 is 0. The molecule has 14 heavy (non-hydrogen) atoms. The van der Waals surface area contributed by atoms with Crippen molar-refractivity contribution in [2.75, 3.05) is 13.6 Å². The largest absolute Gasteiger partial charge is 0.481 e. The van der Waals surface area contributed by atoms with Crippen molar-refractivity contribution < 1.29 is 14.7 Å². The lowest BCUT2D eigenvalue weighted by atomic mass is 9.88. The van der Waals surface area contributed by atoms with Crippen LogP contribution in [0.2, 0.25) is 0 Å². The van der Waals surface area contributed by atoms with Gasteiger partial charge in [0, 0.05) is 13.6 Å². The third-order valence-corrected chi connectivity index (χ3v) is 2.08. The molecule has 0 spiro atoms. The quantitative estimate of drug-likeness (QED) is 0.730. The summed E-state index contributed by atoms with van der Waals surface area (Å²) in [5, 5.41) is 8.64. The maximum absolute atomic E-state index is 11.8. The second-order valence-electron chi connectivity index (χ2n) is 4.18. The van der Waals surface area contributed by atoms with Crippen molar-refractivity contribution in [2.45, 2.75) is 33.6 Å². The molecule has 0 radical (unpaired) electrons. The molecular weight excluding hydrogens is 182 g/mol. The van der Waals surface area contributed by atoms with Gasteiger partial charge in [0.1, 0.15) is 0 Å². The fraction of sp³-hybridized carbons (Fsp3) is 0.800. The standard InChI is InChI=1S/C10H19NO3/c1-5-6-11(4)9(14)10(2,3)7-8(12)13/h5-7H2,1-4H3,(H,12,13). The molecule has 0 bridgehead atoms. The molecule has 1 amide bonds. The summed E-state index contributed by atoms with van der Waals surface area (Å²) in [4.78, 5) is 23.9. The Morgan fingerprint density at radius 1 is 1.36 bits per heavy atom. The fourth-order valence-corrected chi connectivity index (χ4v) is 1.41. The van der Waals surface area contributed by atoms with Crippen LogP contribution >= 0.6 is 0 Å². The SMILES string of the molecule is CCCN(C)C(=O)C(C)(C)CC(=O)O. The summed E-state index contributed by atoms with van der Waals surface area (Å²) < 4.78 is 0. The van der Waals surface area contributed by atoms with Crippen LogP contribution in [0.3, 0.4) is 0 Å². The zero-order valence-electron chi connectivity index (χ0n) is 9.33. The van der Waals surface area contributed by atoms with Gasteiger partial charge in [-0.15, -0.1) is 0 Å². The van der Waals surface area contributed by atoms with Crippen molar-refractivity contribution in [1.29, 1.82) is 0 Å². The van der Waals surface area contributed by atoms with Crippen LogP contribution < -0.4 is 0 Å². The number of hydrogen-bond donors (Lipinski definition) is 1. The van der Waals surface area contributed by atoms with E-state index in [-0.39, 0.29) is 12.3 Å². The van der Waals surface area contributed by atoms with Gasteiger partial charge in [0.15, 0.2) is 0 Å². The van der Waals surface area contributed by atoms with E-state index in [1.54, 1.807) is 25.8 Å². The van der Waals surface area contributed by atoms with Crippen molar-refractivity contribution in [3.05, 3.63) is 0 Å². The Bertz CT molecular complexity index is 223. The second kappa shape index (κ2) is 4.98. The number of carboxylic acid groups (broad SMARTS) is 1. The van der Waals surface area contributed by atoms with E-state index in [9.17, 15) is 9.59 Å². The molecule has 0 fully saturated rings. The number of carboxylic acids is 1. The molecule has 0 saturated carbocycles. The van der Waals surface area contributed by atoms with Crippen LogP contribution in [0.5, 0.6) is 0 Å². The van der Waals surface area contributed by atoms with E-state index >= 15 is 0 Å². The lowest BCUT2D eigenvalue weighted by Gasteiger charge is -2.27. The molecule has 0 aromatic rings. The normalized spacial score (nSPS) is 11.1. The number of hydrogen-bond acceptors (Lipinski definition) is 2. The summed E-state index contributed by atoms with van der Waals surface area (Å²) in [6.45, 7) is 5.97. The molecule has 0 aromatic heterocycles. The van der Waals surface area contributed by atoms with E-state index in [4.69, 9.17) is 5.11 Å². The zero-order valence-corrected chi connectivity index (χ0v) is 9.33. The van der Waals surface area contributed by atoms with Gasteiger partial charge >= 0.3 is 5.97 Å². The van der Waals surface area contributed by atoms with Crippen molar-refractivity contribution in [3.8, 4) is 0 Å². The number of carbonyl (C=O) groups excluding carboxylic acids is 1. The van der Waals surface area contributed by atoms with E-state index in [0.717, 1.165) is 6.42 Å². The summed E-state index contributed by atoms with van der Waals surface area (Å²) in [5.74, 6) is -1.05. The van der Waals surface area contributed by atoms with Crippen LogP contribution in [-0.2, 0) is 9.59 Å². The predicted octanol–water partition coefficient (Wildman–Crippen LogP) is 1.36. The molecular formula is C10H19NO3. The Morgan fingerprint density at radius 2 is 1.86 bits per heavy atom. The van der Waals surface area contributed by atoms with Crippen molar-refractivity contribution in [3.63, 3.8) is 0 Å². The zero-order chi connectivity index (χ0) is 11.4. The number of carbonyl (C=O) groups is 2. The first-order valence-corrected chi connectivity index (χ1v) is 4.78. The minimum Gasteiger partial charge on any atom is -0.481 e. The molecule has 0 saturated heterocycles. The van der Waals surface area contributed by atoms with Crippen LogP contribution in [0.25, 0.3) is 0 Å². The Hall–Kier alpha value is -1.06. The second-order valence-corrected chi connectivity index (χ2v) is 4.18. The van der Waals surface area contributed by atoms with Crippen LogP contribution in [0.15, 0.2) is 0 Å². The third kappa shape index (κ3) is 3.77. The van der Waals surface area contributed by atoms with Crippen molar-refractivity contribution in [2.24, 2.45) is 5.41 Å². The highest BCUT2D eigenvalue weighted by Gasteiger charge is 2.32. The van der Waals surface area contributed by atoms with Gasteiger partial charge < -0.3 is 10.0 Å². The Balaban J connectivity index is 4.41. The molecule has 82 valence electrons. The fourth-order valence-electron chi connectivity index (χ4n) is 1.41. The van der Waals surface area contributed by atoms with E-state index in [1.807, 2.05) is 6.92 Å². The highest BCUT2D eigenvalue weighted by Crippen LogP contribution is 2.22. The van der Waals surface area contributed by atoms with Gasteiger partial charge in [0.25, 0.3) is 0 Å². The van der Waals surface area contributed by atoms with Crippen LogP contribution in [-0.4, -0.2) is 35.5 Å². The third-order valence-electron chi connectivity index (χ3n) is 2.08. The molecule has 0 aromatic carbocycles. The molecule has 0 unspecified atom stereocenters. The minimum atomic E-state index is -0.937. The monoisotopic (exact) mass is 201 g/mol. The van der Waals surface area contributed by atoms with Crippen LogP contribution in [0.1, 0.15) is 33.6 Å². The molecule has 0 heterocycles. The molecule has 0 aliphatic carbocycles. The summed E-state index contributed by atoms with van der Waals surface area (Å²) in [7, 11) is 1.70. The highest BCUT2D eigenvalue weighted by molar-refractivity contribution is 5.86. The minimum absolute atomic E-state index is 0.109. The van der Waals surface area contributed by atoms with E-state index in [2.05, 4.69) is 0 Å². The van der Waals surface area contributed by atoms with Gasteiger partial charge in [-0.25, -0.2) is 0 Å². The lowest BCUT2D eigenvalue weighted by molar-refractivity contribution is -0.148. The predicted molar refractivity (Wildman–Crippen MR) is 54.0 cm³/mol. The number of amides is 1. The van der Waals surface area contributed by atoms with Crippen LogP contribution in [0.4, 0.5) is 0 Å². The first-order chi connectivity index (χ1) is 6.31. The summed E-state index contributed by atoms with van der Waals surface area (Å²) in [5.41, 5.74) is -0.810. The number of rotatable bonds is 5. The van der Waals surface area contributed by atoms with Gasteiger partial charge in [-0.2, -0.15) is 0 Å². The van der Waals surface area contributed by atoms with Gasteiger partial charge in [0.2, 0.25) is 5.91 Å². The molecule has 0 aliphatic heterocycles. The van der Waals surface area contributed by atoms with Gasteiger partial charge in [-0.1, -0.05) is 20.8 Å². The van der Waals surface area contributed by atoms with E-state index in [1.165, 1.54) is 0 Å². The average molecular weight is 201 g/mol. The maximum atomic E-state index is 11.8. The molecule has 4 heteroatoms. The Labute approximate surface area is 84.9 Å². The van der Waals surface area contributed by atoms with Crippen molar-refractivity contribution in [1.82, 2.24) is 4.90 Å². The Morgan fingerprint density at radius 3 is 2.21 bits per heavy atom. The van der Waals surface area contributed by atoms with Gasteiger partial charge in [-0.05, 0) is 6.42 Å². The first-order valence-electron chi connectivity index (χ1n) is 4.78. The van der Waals surface area contributed by atoms with E-state index in [0.29, 0.717) is 6.54 Å². The topological polar surface area (TPSA) is 57.6 Å². The van der Waals surface area contributed by atoms with Crippen molar-refractivity contribution >= 4 is 11.9 Å². The Kier molecular flexibility index (Phi) is 4.60. The van der Waals surface area contributed by atoms with E-state index < -0.39 is 11.4 Å². The van der Waals surface area contributed by atoms with Crippen LogP contribution in [0, 0.1) is 5.41 Å². The molecule has 0 rings (SSSR count). The smallest absolute Gasteiger partial charge is 0.304 e.